The van der Waals surface area contributed by atoms with Crippen LogP contribution in [0, 0.1) is 5.41 Å². The number of likely N-dealkylation sites (tertiary alicyclic amines) is 2. The number of nitrogens with zero attached hydrogens (tertiary/aromatic N) is 3. The normalized spacial score (nSPS) is 31.9. The molecule has 0 unspecified atom stereocenters. The predicted octanol–water partition coefficient (Wildman–Crippen LogP) is 2.80. The molecule has 0 bridgehead atoms. The van der Waals surface area contributed by atoms with Crippen LogP contribution in [0.25, 0.3) is 0 Å². The first kappa shape index (κ1) is 18.0. The van der Waals surface area contributed by atoms with E-state index in [9.17, 15) is 4.79 Å². The summed E-state index contributed by atoms with van der Waals surface area (Å²) in [5, 5.41) is 0. The number of hydrogen-bond donors (Lipinski definition) is 0. The van der Waals surface area contributed by atoms with Crippen LogP contribution in [0.3, 0.4) is 0 Å². The van der Waals surface area contributed by atoms with Gasteiger partial charge < -0.3 is 19.4 Å². The monoisotopic (exact) mass is 337 g/mol. The summed E-state index contributed by atoms with van der Waals surface area (Å²) in [5.41, 5.74) is 0.392. The van der Waals surface area contributed by atoms with Crippen LogP contribution < -0.4 is 0 Å². The molecule has 0 aromatic rings. The third-order valence-corrected chi connectivity index (χ3v) is 6.71. The third kappa shape index (κ3) is 3.57. The van der Waals surface area contributed by atoms with E-state index < -0.39 is 0 Å². The molecule has 1 saturated carbocycles. The van der Waals surface area contributed by atoms with E-state index in [4.69, 9.17) is 4.74 Å². The fourth-order valence-electron chi connectivity index (χ4n) is 4.92. The second kappa shape index (κ2) is 7.20. The van der Waals surface area contributed by atoms with Gasteiger partial charge in [0.05, 0.1) is 6.61 Å². The molecule has 1 spiro atoms. The summed E-state index contributed by atoms with van der Waals surface area (Å²) >= 11 is 0. The maximum absolute atomic E-state index is 11.9. The molecule has 1 aliphatic carbocycles. The zero-order valence-electron chi connectivity index (χ0n) is 16.0. The van der Waals surface area contributed by atoms with Gasteiger partial charge in [-0.2, -0.15) is 0 Å². The van der Waals surface area contributed by atoms with E-state index >= 15 is 0 Å². The van der Waals surface area contributed by atoms with E-state index in [0.29, 0.717) is 18.1 Å². The smallest absolute Gasteiger partial charge is 0.409 e. The summed E-state index contributed by atoms with van der Waals surface area (Å²) in [6, 6.07) is 2.14. The van der Waals surface area contributed by atoms with Gasteiger partial charge in [0.2, 0.25) is 0 Å². The van der Waals surface area contributed by atoms with E-state index in [1.54, 1.807) is 0 Å². The minimum atomic E-state index is -0.115. The van der Waals surface area contributed by atoms with Crippen LogP contribution in [0.5, 0.6) is 0 Å². The first-order chi connectivity index (χ1) is 11.4. The molecule has 2 saturated heterocycles. The average Bonchev–Trinajstić information content (AvgIpc) is 2.99. The Bertz CT molecular complexity index is 440. The number of hydrogen-bond acceptors (Lipinski definition) is 4. The Kier molecular flexibility index (Phi) is 5.40. The molecule has 2 aliphatic heterocycles. The molecule has 0 N–H and O–H groups in total. The lowest BCUT2D eigenvalue weighted by atomic mass is 9.64. The largest absolute Gasteiger partial charge is 0.450 e. The van der Waals surface area contributed by atoms with Crippen LogP contribution in [0.15, 0.2) is 0 Å². The first-order valence-corrected chi connectivity index (χ1v) is 9.82. The molecular weight excluding hydrogens is 302 g/mol. The van der Waals surface area contributed by atoms with E-state index in [1.807, 2.05) is 11.8 Å². The summed E-state index contributed by atoms with van der Waals surface area (Å²) in [5.74, 6) is 0. The Morgan fingerprint density at radius 2 is 1.92 bits per heavy atom. The molecule has 1 amide bonds. The van der Waals surface area contributed by atoms with Crippen molar-refractivity contribution < 1.29 is 9.53 Å². The first-order valence-electron chi connectivity index (χ1n) is 9.82. The summed E-state index contributed by atoms with van der Waals surface area (Å²) in [7, 11) is 2.27. The number of amides is 1. The van der Waals surface area contributed by atoms with Crippen LogP contribution in [0.1, 0.15) is 52.9 Å². The van der Waals surface area contributed by atoms with Gasteiger partial charge in [-0.25, -0.2) is 4.79 Å². The van der Waals surface area contributed by atoms with Crippen molar-refractivity contribution in [1.82, 2.24) is 14.7 Å². The van der Waals surface area contributed by atoms with Crippen LogP contribution in [0.2, 0.25) is 0 Å². The van der Waals surface area contributed by atoms with Gasteiger partial charge in [0, 0.05) is 31.2 Å². The zero-order valence-corrected chi connectivity index (χ0v) is 16.0. The molecule has 0 atom stereocenters. The molecule has 2 heterocycles. The maximum atomic E-state index is 11.9. The maximum Gasteiger partial charge on any atom is 0.409 e. The number of carbonyl (C=O) groups is 1. The van der Waals surface area contributed by atoms with Crippen molar-refractivity contribution in [3.05, 3.63) is 0 Å². The van der Waals surface area contributed by atoms with Crippen molar-refractivity contribution in [2.24, 2.45) is 5.41 Å². The standard InChI is InChI=1S/C19H35N3O2/c1-5-24-18(23)22-11-8-19(14-22)12-17(13-19)21-9-6-16(7-10-21)20(4)15(2)3/h15-17H,5-14H2,1-4H3. The second-order valence-electron chi connectivity index (χ2n) is 8.46. The van der Waals surface area contributed by atoms with Crippen molar-refractivity contribution in [2.75, 3.05) is 39.8 Å². The minimum Gasteiger partial charge on any atom is -0.450 e. The van der Waals surface area contributed by atoms with E-state index in [0.717, 1.165) is 31.6 Å². The highest BCUT2D eigenvalue weighted by Crippen LogP contribution is 2.50. The second-order valence-corrected chi connectivity index (χ2v) is 8.46. The fraction of sp³-hybridized carbons (Fsp3) is 0.947. The Balaban J connectivity index is 1.42. The minimum absolute atomic E-state index is 0.115. The SMILES string of the molecule is CCOC(=O)N1CCC2(CC(N3CCC(N(C)C(C)C)CC3)C2)C1. The fourth-order valence-corrected chi connectivity index (χ4v) is 4.92. The lowest BCUT2D eigenvalue weighted by molar-refractivity contribution is -0.0161. The topological polar surface area (TPSA) is 36.0 Å². The highest BCUT2D eigenvalue weighted by Gasteiger charge is 2.51. The van der Waals surface area contributed by atoms with Crippen LogP contribution in [-0.2, 0) is 4.74 Å². The van der Waals surface area contributed by atoms with Crippen molar-refractivity contribution in [2.45, 2.75) is 71.0 Å². The van der Waals surface area contributed by atoms with Crippen LogP contribution in [0.4, 0.5) is 4.79 Å². The zero-order chi connectivity index (χ0) is 17.3. The van der Waals surface area contributed by atoms with Crippen LogP contribution >= 0.6 is 0 Å². The highest BCUT2D eigenvalue weighted by atomic mass is 16.6. The predicted molar refractivity (Wildman–Crippen MR) is 96.2 cm³/mol. The third-order valence-electron chi connectivity index (χ3n) is 6.71. The van der Waals surface area contributed by atoms with Crippen molar-refractivity contribution in [1.29, 1.82) is 0 Å². The molecule has 3 rings (SSSR count). The van der Waals surface area contributed by atoms with Crippen molar-refractivity contribution >= 4 is 6.09 Å². The van der Waals surface area contributed by atoms with Gasteiger partial charge in [-0.05, 0) is 78.4 Å². The number of piperidine rings is 1. The molecule has 5 nitrogen and oxygen atoms in total. The highest BCUT2D eigenvalue weighted by molar-refractivity contribution is 5.68. The summed E-state index contributed by atoms with van der Waals surface area (Å²) < 4.78 is 5.16. The average molecular weight is 338 g/mol. The Morgan fingerprint density at radius 3 is 2.50 bits per heavy atom. The molecule has 5 heteroatoms. The van der Waals surface area contributed by atoms with Crippen LogP contribution in [-0.4, -0.2) is 78.8 Å². The Hall–Kier alpha value is -0.810. The lowest BCUT2D eigenvalue weighted by Gasteiger charge is -2.52. The molecule has 0 aromatic carbocycles. The summed E-state index contributed by atoms with van der Waals surface area (Å²) in [4.78, 5) is 19.1. The van der Waals surface area contributed by atoms with Gasteiger partial charge in [-0.15, -0.1) is 0 Å². The van der Waals surface area contributed by atoms with E-state index in [2.05, 4.69) is 30.7 Å². The Labute approximate surface area is 147 Å². The van der Waals surface area contributed by atoms with Gasteiger partial charge in [-0.3, -0.25) is 0 Å². The number of carbonyl (C=O) groups excluding carboxylic acids is 1. The molecule has 24 heavy (non-hydrogen) atoms. The number of ether oxygens (including phenoxy) is 1. The lowest BCUT2D eigenvalue weighted by Crippen LogP contribution is -2.56. The molecular formula is C19H35N3O2. The molecule has 3 fully saturated rings. The van der Waals surface area contributed by atoms with E-state index in [-0.39, 0.29) is 6.09 Å². The van der Waals surface area contributed by atoms with Gasteiger partial charge in [-0.1, -0.05) is 0 Å². The van der Waals surface area contributed by atoms with Gasteiger partial charge in [0.25, 0.3) is 0 Å². The molecule has 0 aromatic heterocycles. The van der Waals surface area contributed by atoms with Gasteiger partial charge in [0.15, 0.2) is 0 Å². The number of rotatable bonds is 4. The van der Waals surface area contributed by atoms with Gasteiger partial charge >= 0.3 is 6.09 Å². The Morgan fingerprint density at radius 1 is 1.25 bits per heavy atom. The van der Waals surface area contributed by atoms with Gasteiger partial charge in [0.1, 0.15) is 0 Å². The van der Waals surface area contributed by atoms with Crippen molar-refractivity contribution in [3.8, 4) is 0 Å². The molecule has 0 radical (unpaired) electrons. The van der Waals surface area contributed by atoms with E-state index in [1.165, 1.54) is 38.8 Å². The summed E-state index contributed by atoms with van der Waals surface area (Å²) in [6.07, 6.45) is 6.19. The molecule has 3 aliphatic rings. The van der Waals surface area contributed by atoms with Crippen molar-refractivity contribution in [3.63, 3.8) is 0 Å². The summed E-state index contributed by atoms with van der Waals surface area (Å²) in [6.45, 7) is 11.2. The quantitative estimate of drug-likeness (QED) is 0.790. The molecule has 138 valence electrons.